The minimum atomic E-state index is 0.517. The topological polar surface area (TPSA) is 21.3 Å². The number of nitrogens with one attached hydrogen (secondary N) is 1. The average Bonchev–Trinajstić information content (AvgIpc) is 2.65. The van der Waals surface area contributed by atoms with Gasteiger partial charge in [-0.1, -0.05) is 31.0 Å². The van der Waals surface area contributed by atoms with E-state index in [2.05, 4.69) is 12.4 Å². The molecule has 0 saturated carbocycles. The monoisotopic (exact) mass is 231 g/mol. The summed E-state index contributed by atoms with van der Waals surface area (Å²) < 4.78 is 0. The molecule has 0 aliphatic rings. The van der Waals surface area contributed by atoms with Crippen molar-refractivity contribution in [1.82, 2.24) is 5.48 Å². The van der Waals surface area contributed by atoms with Crippen molar-refractivity contribution in [3.8, 4) is 0 Å². The van der Waals surface area contributed by atoms with E-state index >= 15 is 0 Å². The first-order valence-electron chi connectivity index (χ1n) is 4.61. The molecule has 14 heavy (non-hydrogen) atoms. The third-order valence-corrected chi connectivity index (χ3v) is 2.59. The SMILES string of the molecule is CCCCONC(Cl)=Cc1cccs1. The van der Waals surface area contributed by atoms with Crippen molar-refractivity contribution in [2.75, 3.05) is 6.61 Å². The van der Waals surface area contributed by atoms with Crippen molar-refractivity contribution >= 4 is 29.0 Å². The zero-order valence-electron chi connectivity index (χ0n) is 8.13. The lowest BCUT2D eigenvalue weighted by molar-refractivity contribution is 0.0665. The number of hydroxylamine groups is 1. The summed E-state index contributed by atoms with van der Waals surface area (Å²) in [6, 6.07) is 3.99. The summed E-state index contributed by atoms with van der Waals surface area (Å²) >= 11 is 7.52. The normalized spacial score (nSPS) is 11.7. The minimum absolute atomic E-state index is 0.517. The lowest BCUT2D eigenvalue weighted by Crippen LogP contribution is -2.11. The first-order valence-corrected chi connectivity index (χ1v) is 5.87. The fourth-order valence-electron chi connectivity index (χ4n) is 0.864. The van der Waals surface area contributed by atoms with Gasteiger partial charge in [-0.3, -0.25) is 10.3 Å². The highest BCUT2D eigenvalue weighted by atomic mass is 35.5. The van der Waals surface area contributed by atoms with E-state index in [-0.39, 0.29) is 0 Å². The van der Waals surface area contributed by atoms with Crippen LogP contribution in [0, 0.1) is 0 Å². The Bertz CT molecular complexity index is 272. The molecular formula is C10H14ClNOS. The first kappa shape index (κ1) is 11.6. The molecule has 1 rings (SSSR count). The van der Waals surface area contributed by atoms with E-state index in [1.54, 1.807) is 11.3 Å². The number of hydrogen-bond donors (Lipinski definition) is 1. The highest BCUT2D eigenvalue weighted by Crippen LogP contribution is 2.13. The second-order valence-corrected chi connectivity index (χ2v) is 4.20. The van der Waals surface area contributed by atoms with Gasteiger partial charge in [0.25, 0.3) is 0 Å². The Labute approximate surface area is 93.5 Å². The van der Waals surface area contributed by atoms with E-state index in [0.717, 1.165) is 17.7 Å². The van der Waals surface area contributed by atoms with Crippen molar-refractivity contribution in [2.45, 2.75) is 19.8 Å². The molecule has 0 saturated heterocycles. The quantitative estimate of drug-likeness (QED) is 0.459. The third-order valence-electron chi connectivity index (χ3n) is 1.58. The summed E-state index contributed by atoms with van der Waals surface area (Å²) in [7, 11) is 0. The second-order valence-electron chi connectivity index (χ2n) is 2.81. The fraction of sp³-hybridized carbons (Fsp3) is 0.400. The zero-order valence-corrected chi connectivity index (χ0v) is 9.70. The summed E-state index contributed by atoms with van der Waals surface area (Å²) in [5, 5.41) is 2.53. The molecule has 1 aromatic heterocycles. The standard InChI is InChI=1S/C10H14ClNOS/c1-2-3-6-13-12-10(11)8-9-5-4-7-14-9/h4-5,7-8,12H,2-3,6H2,1H3. The molecule has 0 amide bonds. The summed E-state index contributed by atoms with van der Waals surface area (Å²) in [6.45, 7) is 2.80. The van der Waals surface area contributed by atoms with Crippen LogP contribution in [0.25, 0.3) is 6.08 Å². The Balaban J connectivity index is 2.24. The summed E-state index contributed by atoms with van der Waals surface area (Å²) in [5.74, 6) is 0. The Kier molecular flexibility index (Phi) is 5.68. The molecule has 1 N–H and O–H groups in total. The van der Waals surface area contributed by atoms with Gasteiger partial charge in [0.15, 0.2) is 0 Å². The second kappa shape index (κ2) is 6.87. The molecule has 78 valence electrons. The molecule has 0 spiro atoms. The Morgan fingerprint density at radius 3 is 3.21 bits per heavy atom. The van der Waals surface area contributed by atoms with Gasteiger partial charge in [0, 0.05) is 4.88 Å². The number of thiophene rings is 1. The third kappa shape index (κ3) is 4.65. The summed E-state index contributed by atoms with van der Waals surface area (Å²) in [4.78, 5) is 6.25. The van der Waals surface area contributed by atoms with Crippen LogP contribution in [-0.4, -0.2) is 6.61 Å². The molecule has 0 fully saturated rings. The van der Waals surface area contributed by atoms with Crippen LogP contribution in [0.1, 0.15) is 24.6 Å². The molecule has 0 atom stereocenters. The molecular weight excluding hydrogens is 218 g/mol. The Morgan fingerprint density at radius 2 is 2.57 bits per heavy atom. The lowest BCUT2D eigenvalue weighted by Gasteiger charge is -2.03. The number of hydrogen-bond acceptors (Lipinski definition) is 3. The van der Waals surface area contributed by atoms with Gasteiger partial charge in [0.2, 0.25) is 0 Å². The smallest absolute Gasteiger partial charge is 0.127 e. The Hall–Kier alpha value is -0.510. The van der Waals surface area contributed by atoms with Gasteiger partial charge in [0.1, 0.15) is 5.16 Å². The molecule has 0 unspecified atom stereocenters. The van der Waals surface area contributed by atoms with Crippen LogP contribution in [0.2, 0.25) is 0 Å². The van der Waals surface area contributed by atoms with E-state index in [0.29, 0.717) is 11.8 Å². The van der Waals surface area contributed by atoms with E-state index in [9.17, 15) is 0 Å². The van der Waals surface area contributed by atoms with Gasteiger partial charge in [-0.15, -0.1) is 11.3 Å². The summed E-state index contributed by atoms with van der Waals surface area (Å²) in [5.41, 5.74) is 2.69. The maximum atomic E-state index is 5.88. The molecule has 2 nitrogen and oxygen atoms in total. The number of halogens is 1. The van der Waals surface area contributed by atoms with E-state index in [1.165, 1.54) is 0 Å². The van der Waals surface area contributed by atoms with Crippen LogP contribution >= 0.6 is 22.9 Å². The van der Waals surface area contributed by atoms with Crippen LogP contribution in [0.15, 0.2) is 22.7 Å². The van der Waals surface area contributed by atoms with Crippen LogP contribution < -0.4 is 5.48 Å². The minimum Gasteiger partial charge on any atom is -0.275 e. The number of unbranched alkanes of at least 4 members (excludes halogenated alkanes) is 1. The van der Waals surface area contributed by atoms with Crippen molar-refractivity contribution in [3.05, 3.63) is 27.5 Å². The maximum Gasteiger partial charge on any atom is 0.127 e. The van der Waals surface area contributed by atoms with Gasteiger partial charge in [-0.2, -0.15) is 0 Å². The van der Waals surface area contributed by atoms with Crippen molar-refractivity contribution in [2.24, 2.45) is 0 Å². The summed E-state index contributed by atoms with van der Waals surface area (Å²) in [6.07, 6.45) is 4.00. The molecule has 0 bridgehead atoms. The van der Waals surface area contributed by atoms with Gasteiger partial charge in [-0.05, 0) is 23.9 Å². The van der Waals surface area contributed by atoms with E-state index in [1.807, 2.05) is 23.6 Å². The average molecular weight is 232 g/mol. The van der Waals surface area contributed by atoms with Gasteiger partial charge in [0.05, 0.1) is 6.61 Å². The van der Waals surface area contributed by atoms with Crippen molar-refractivity contribution < 1.29 is 4.84 Å². The van der Waals surface area contributed by atoms with Crippen LogP contribution in [-0.2, 0) is 4.84 Å². The van der Waals surface area contributed by atoms with Crippen molar-refractivity contribution in [3.63, 3.8) is 0 Å². The molecule has 0 aliphatic heterocycles. The van der Waals surface area contributed by atoms with Gasteiger partial charge >= 0.3 is 0 Å². The molecule has 0 radical (unpaired) electrons. The van der Waals surface area contributed by atoms with Crippen LogP contribution in [0.4, 0.5) is 0 Å². The van der Waals surface area contributed by atoms with Crippen LogP contribution in [0.3, 0.4) is 0 Å². The molecule has 0 aliphatic carbocycles. The zero-order chi connectivity index (χ0) is 10.2. The van der Waals surface area contributed by atoms with Gasteiger partial charge < -0.3 is 0 Å². The van der Waals surface area contributed by atoms with E-state index < -0.39 is 0 Å². The molecule has 1 heterocycles. The highest BCUT2D eigenvalue weighted by molar-refractivity contribution is 7.10. The highest BCUT2D eigenvalue weighted by Gasteiger charge is 1.93. The van der Waals surface area contributed by atoms with E-state index in [4.69, 9.17) is 16.4 Å². The predicted molar refractivity (Wildman–Crippen MR) is 62.1 cm³/mol. The first-order chi connectivity index (χ1) is 6.83. The van der Waals surface area contributed by atoms with Gasteiger partial charge in [-0.25, -0.2) is 0 Å². The Morgan fingerprint density at radius 1 is 1.71 bits per heavy atom. The largest absolute Gasteiger partial charge is 0.275 e. The molecule has 4 heteroatoms. The molecule has 1 aromatic rings. The maximum absolute atomic E-state index is 5.88. The van der Waals surface area contributed by atoms with Crippen molar-refractivity contribution in [1.29, 1.82) is 0 Å². The molecule has 0 aromatic carbocycles. The number of rotatable bonds is 6. The predicted octanol–water partition coefficient (Wildman–Crippen LogP) is 3.61. The van der Waals surface area contributed by atoms with Crippen LogP contribution in [0.5, 0.6) is 0 Å². The lowest BCUT2D eigenvalue weighted by atomic mass is 10.4. The fourth-order valence-corrected chi connectivity index (χ4v) is 1.76.